The number of ether oxygens (including phenoxy) is 2. The van der Waals surface area contributed by atoms with Crippen molar-refractivity contribution in [1.29, 1.82) is 0 Å². The lowest BCUT2D eigenvalue weighted by Gasteiger charge is -2.13. The number of nitrogens with one attached hydrogen (secondary N) is 1. The van der Waals surface area contributed by atoms with Gasteiger partial charge in [0, 0.05) is 35.7 Å². The third kappa shape index (κ3) is 6.35. The van der Waals surface area contributed by atoms with Crippen molar-refractivity contribution >= 4 is 46.2 Å². The van der Waals surface area contributed by atoms with Gasteiger partial charge in [-0.15, -0.1) is 0 Å². The summed E-state index contributed by atoms with van der Waals surface area (Å²) in [6, 6.07) is 15.5. The Kier molecular flexibility index (Phi) is 8.10. The van der Waals surface area contributed by atoms with Gasteiger partial charge in [-0.2, -0.15) is 0 Å². The highest BCUT2D eigenvalue weighted by molar-refractivity contribution is 6.21. The molecule has 2 aromatic carbocycles. The topological polar surface area (TPSA) is 89.5 Å². The quantitative estimate of drug-likeness (QED) is 0.288. The molecule has 0 radical (unpaired) electrons. The van der Waals surface area contributed by atoms with E-state index in [1.54, 1.807) is 6.20 Å². The number of rotatable bonds is 9. The fraction of sp³-hybridized carbons (Fsp3) is 0.185. The van der Waals surface area contributed by atoms with Crippen molar-refractivity contribution in [2.45, 2.75) is 13.8 Å². The zero-order valence-corrected chi connectivity index (χ0v) is 21.0. The summed E-state index contributed by atoms with van der Waals surface area (Å²) in [5, 5.41) is 4.25. The molecule has 8 nitrogen and oxygen atoms in total. The Bertz CT molecular complexity index is 1390. The van der Waals surface area contributed by atoms with Crippen molar-refractivity contribution in [3.63, 3.8) is 0 Å². The summed E-state index contributed by atoms with van der Waals surface area (Å²) in [4.78, 5) is 24.8. The molecule has 0 fully saturated rings. The molecule has 2 heterocycles. The van der Waals surface area contributed by atoms with Crippen molar-refractivity contribution in [3.8, 4) is 11.5 Å². The zero-order valence-electron chi connectivity index (χ0n) is 20.2. The minimum absolute atomic E-state index is 0.0601. The van der Waals surface area contributed by atoms with Crippen LogP contribution in [0.5, 0.6) is 11.5 Å². The summed E-state index contributed by atoms with van der Waals surface area (Å²) < 4.78 is 11.9. The summed E-state index contributed by atoms with van der Waals surface area (Å²) in [5.74, 6) is 1.82. The van der Waals surface area contributed by atoms with Crippen molar-refractivity contribution in [2.75, 3.05) is 25.6 Å². The van der Waals surface area contributed by atoms with Crippen molar-refractivity contribution < 1.29 is 14.3 Å². The maximum atomic E-state index is 11.7. The second-order valence-electron chi connectivity index (χ2n) is 8.12. The van der Waals surface area contributed by atoms with Gasteiger partial charge in [0.05, 0.1) is 18.3 Å². The SMILES string of the molecule is COCC(=O)N(Cl)C/C=C/c1ccc2ncnc(Nc3ccc(Oc4ccc(C)nc4)c(C)c3)c2c1. The number of fused-ring (bicyclic) bond motifs is 1. The van der Waals surface area contributed by atoms with Gasteiger partial charge in [-0.3, -0.25) is 9.78 Å². The lowest BCUT2D eigenvalue weighted by atomic mass is 10.1. The van der Waals surface area contributed by atoms with Crippen LogP contribution in [0.25, 0.3) is 17.0 Å². The molecule has 0 aliphatic heterocycles. The number of hydrogen-bond donors (Lipinski definition) is 1. The molecular formula is C27H26ClN5O3. The predicted molar refractivity (Wildman–Crippen MR) is 142 cm³/mol. The van der Waals surface area contributed by atoms with Crippen molar-refractivity contribution in [2.24, 2.45) is 0 Å². The molecule has 9 heteroatoms. The summed E-state index contributed by atoms with van der Waals surface area (Å²) in [5.41, 5.74) is 4.51. The number of amides is 1. The first-order valence-corrected chi connectivity index (χ1v) is 11.6. The van der Waals surface area contributed by atoms with E-state index in [0.717, 1.165) is 43.6 Å². The number of aryl methyl sites for hydroxylation is 2. The number of hydrogen-bond acceptors (Lipinski definition) is 7. The fourth-order valence-corrected chi connectivity index (χ4v) is 3.60. The van der Waals surface area contributed by atoms with Crippen LogP contribution in [0.15, 0.2) is 67.1 Å². The van der Waals surface area contributed by atoms with Crippen LogP contribution < -0.4 is 10.1 Å². The number of nitrogens with zero attached hydrogens (tertiary/aromatic N) is 4. The Labute approximate surface area is 214 Å². The molecule has 0 saturated carbocycles. The van der Waals surface area contributed by atoms with E-state index in [1.807, 2.05) is 74.5 Å². The molecule has 36 heavy (non-hydrogen) atoms. The summed E-state index contributed by atoms with van der Waals surface area (Å²) in [6.45, 7) is 4.12. The molecule has 0 saturated heterocycles. The lowest BCUT2D eigenvalue weighted by molar-refractivity contribution is -0.130. The van der Waals surface area contributed by atoms with E-state index in [0.29, 0.717) is 11.6 Å². The average molecular weight is 504 g/mol. The molecule has 184 valence electrons. The molecule has 0 unspecified atom stereocenters. The Balaban J connectivity index is 1.50. The van der Waals surface area contributed by atoms with Crippen molar-refractivity contribution in [3.05, 3.63) is 84.0 Å². The molecule has 1 amide bonds. The first-order chi connectivity index (χ1) is 17.4. The van der Waals surface area contributed by atoms with Gasteiger partial charge in [-0.25, -0.2) is 14.4 Å². The molecule has 1 N–H and O–H groups in total. The van der Waals surface area contributed by atoms with Gasteiger partial charge in [-0.1, -0.05) is 18.2 Å². The van der Waals surface area contributed by atoms with E-state index >= 15 is 0 Å². The van der Waals surface area contributed by atoms with Crippen LogP contribution in [-0.2, 0) is 9.53 Å². The van der Waals surface area contributed by atoms with Crippen LogP contribution in [0.1, 0.15) is 16.8 Å². The number of aromatic nitrogens is 3. The Morgan fingerprint density at radius 1 is 1.08 bits per heavy atom. The molecule has 0 bridgehead atoms. The van der Waals surface area contributed by atoms with Crippen LogP contribution in [0.2, 0.25) is 0 Å². The van der Waals surface area contributed by atoms with Gasteiger partial charge >= 0.3 is 0 Å². The summed E-state index contributed by atoms with van der Waals surface area (Å²) >= 11 is 5.97. The van der Waals surface area contributed by atoms with Gasteiger partial charge in [0.1, 0.15) is 30.3 Å². The number of carbonyl (C=O) groups is 1. The second-order valence-corrected chi connectivity index (χ2v) is 8.52. The van der Waals surface area contributed by atoms with Gasteiger partial charge in [-0.05, 0) is 67.4 Å². The molecule has 0 spiro atoms. The van der Waals surface area contributed by atoms with E-state index < -0.39 is 0 Å². The highest BCUT2D eigenvalue weighted by Gasteiger charge is 2.09. The third-order valence-electron chi connectivity index (χ3n) is 5.32. The normalized spacial score (nSPS) is 11.1. The Hall–Kier alpha value is -4.01. The summed E-state index contributed by atoms with van der Waals surface area (Å²) in [6.07, 6.45) is 6.94. The van der Waals surface area contributed by atoms with E-state index in [2.05, 4.69) is 20.3 Å². The largest absolute Gasteiger partial charge is 0.455 e. The van der Waals surface area contributed by atoms with Gasteiger partial charge in [0.15, 0.2) is 0 Å². The molecule has 0 aliphatic rings. The highest BCUT2D eigenvalue weighted by Crippen LogP contribution is 2.30. The Morgan fingerprint density at radius 2 is 1.94 bits per heavy atom. The molecule has 0 atom stereocenters. The smallest absolute Gasteiger partial charge is 0.263 e. The molecule has 0 aliphatic carbocycles. The minimum Gasteiger partial charge on any atom is -0.455 e. The number of benzene rings is 2. The van der Waals surface area contributed by atoms with E-state index in [9.17, 15) is 4.79 Å². The van der Waals surface area contributed by atoms with Gasteiger partial charge < -0.3 is 14.8 Å². The lowest BCUT2D eigenvalue weighted by Crippen LogP contribution is -2.25. The average Bonchev–Trinajstić information content (AvgIpc) is 2.87. The third-order valence-corrected chi connectivity index (χ3v) is 5.65. The van der Waals surface area contributed by atoms with Crippen LogP contribution >= 0.6 is 11.8 Å². The highest BCUT2D eigenvalue weighted by atomic mass is 35.5. The maximum absolute atomic E-state index is 11.7. The van der Waals surface area contributed by atoms with E-state index in [4.69, 9.17) is 21.3 Å². The fourth-order valence-electron chi connectivity index (χ4n) is 3.47. The number of pyridine rings is 1. The minimum atomic E-state index is -0.301. The van der Waals surface area contributed by atoms with Crippen LogP contribution in [0, 0.1) is 13.8 Å². The Morgan fingerprint density at radius 3 is 2.69 bits per heavy atom. The van der Waals surface area contributed by atoms with Gasteiger partial charge in [0.25, 0.3) is 5.91 Å². The van der Waals surface area contributed by atoms with Crippen LogP contribution in [0.3, 0.4) is 0 Å². The first kappa shape index (κ1) is 25.1. The van der Waals surface area contributed by atoms with Crippen molar-refractivity contribution in [1.82, 2.24) is 19.4 Å². The van der Waals surface area contributed by atoms with E-state index in [-0.39, 0.29) is 19.1 Å². The molecule has 2 aromatic heterocycles. The predicted octanol–water partition coefficient (Wildman–Crippen LogP) is 5.82. The van der Waals surface area contributed by atoms with Gasteiger partial charge in [0.2, 0.25) is 0 Å². The van der Waals surface area contributed by atoms with Crippen LogP contribution in [0.4, 0.5) is 11.5 Å². The van der Waals surface area contributed by atoms with E-state index in [1.165, 1.54) is 13.4 Å². The van der Waals surface area contributed by atoms with Crippen LogP contribution in [-0.4, -0.2) is 45.5 Å². The summed E-state index contributed by atoms with van der Waals surface area (Å²) in [7, 11) is 1.45. The standard InChI is InChI=1S/C27H26ClN5O3/c1-18-13-21(8-11-25(18)36-22-9-6-19(2)29-15-22)32-27-23-14-20(7-10-24(23)30-17-31-27)5-4-12-33(28)26(34)16-35-3/h4-11,13-15,17H,12,16H2,1-3H3,(H,30,31,32)/b5-4+. The molecule has 4 rings (SSSR count). The molecule has 4 aromatic rings. The second kappa shape index (κ2) is 11.6. The number of anilines is 2. The number of halogens is 1. The zero-order chi connectivity index (χ0) is 25.5. The first-order valence-electron chi connectivity index (χ1n) is 11.3. The number of methoxy groups -OCH3 is 1. The molecular weight excluding hydrogens is 478 g/mol. The monoisotopic (exact) mass is 503 g/mol. The maximum Gasteiger partial charge on any atom is 0.263 e. The number of carbonyl (C=O) groups excluding carboxylic acids is 1.